The van der Waals surface area contributed by atoms with Crippen molar-refractivity contribution >= 4 is 29.9 Å². The maximum atomic E-state index is 5.42. The molecule has 0 unspecified atom stereocenters. The zero-order chi connectivity index (χ0) is 12.5. The first-order valence-corrected chi connectivity index (χ1v) is 5.81. The molecule has 1 aromatic rings. The van der Waals surface area contributed by atoms with Crippen LogP contribution in [0.15, 0.2) is 27.8 Å². The Morgan fingerprint density at radius 1 is 1.44 bits per heavy atom. The predicted molar refractivity (Wildman–Crippen MR) is 83.4 cm³/mol. The maximum absolute atomic E-state index is 5.42. The highest BCUT2D eigenvalue weighted by atomic mass is 127. The number of rotatable bonds is 6. The van der Waals surface area contributed by atoms with Crippen molar-refractivity contribution in [1.29, 1.82) is 0 Å². The Bertz CT molecular complexity index is 326. The van der Waals surface area contributed by atoms with Crippen LogP contribution in [0.25, 0.3) is 0 Å². The zero-order valence-corrected chi connectivity index (χ0v) is 13.4. The van der Waals surface area contributed by atoms with Crippen LogP contribution in [0.1, 0.15) is 19.6 Å². The molecule has 0 radical (unpaired) electrons. The van der Waals surface area contributed by atoms with E-state index in [-0.39, 0.29) is 30.1 Å². The van der Waals surface area contributed by atoms with Crippen LogP contribution < -0.4 is 10.6 Å². The summed E-state index contributed by atoms with van der Waals surface area (Å²) in [7, 11) is 1.74. The van der Waals surface area contributed by atoms with Gasteiger partial charge in [-0.05, 0) is 26.0 Å². The molecule has 0 spiro atoms. The Morgan fingerprint density at radius 3 is 2.78 bits per heavy atom. The lowest BCUT2D eigenvalue weighted by atomic mass is 10.4. The highest BCUT2D eigenvalue weighted by Gasteiger charge is 1.99. The summed E-state index contributed by atoms with van der Waals surface area (Å²) in [6.07, 6.45) is 1.92. The summed E-state index contributed by atoms with van der Waals surface area (Å²) in [6, 6.07) is 3.78. The van der Waals surface area contributed by atoms with Gasteiger partial charge in [-0.1, -0.05) is 0 Å². The second-order valence-electron chi connectivity index (χ2n) is 3.85. The van der Waals surface area contributed by atoms with Crippen molar-refractivity contribution in [2.45, 2.75) is 26.5 Å². The fraction of sp³-hybridized carbons (Fsp3) is 0.583. The lowest BCUT2D eigenvalue weighted by Gasteiger charge is -2.12. The van der Waals surface area contributed by atoms with Gasteiger partial charge in [0.25, 0.3) is 0 Å². The SMILES string of the molecule is CN=C(NCCOC(C)C)NCc1ccco1.I. The first-order valence-electron chi connectivity index (χ1n) is 5.81. The van der Waals surface area contributed by atoms with E-state index in [4.69, 9.17) is 9.15 Å². The average molecular weight is 367 g/mol. The van der Waals surface area contributed by atoms with Gasteiger partial charge < -0.3 is 19.8 Å². The first-order chi connectivity index (χ1) is 8.22. The number of ether oxygens (including phenoxy) is 1. The summed E-state index contributed by atoms with van der Waals surface area (Å²) in [5, 5.41) is 6.31. The summed E-state index contributed by atoms with van der Waals surface area (Å²) in [5.74, 6) is 1.63. The number of nitrogens with zero attached hydrogens (tertiary/aromatic N) is 1. The number of guanidine groups is 1. The molecule has 0 amide bonds. The molecular weight excluding hydrogens is 345 g/mol. The Balaban J connectivity index is 0.00000289. The van der Waals surface area contributed by atoms with E-state index in [0.717, 1.165) is 18.3 Å². The third kappa shape index (κ3) is 7.54. The van der Waals surface area contributed by atoms with Crippen molar-refractivity contribution in [3.8, 4) is 0 Å². The van der Waals surface area contributed by atoms with Crippen LogP contribution >= 0.6 is 24.0 Å². The molecule has 0 aliphatic carbocycles. The van der Waals surface area contributed by atoms with Gasteiger partial charge in [0.2, 0.25) is 0 Å². The van der Waals surface area contributed by atoms with E-state index in [9.17, 15) is 0 Å². The van der Waals surface area contributed by atoms with Crippen LogP contribution in [0.4, 0.5) is 0 Å². The fourth-order valence-corrected chi connectivity index (χ4v) is 1.27. The lowest BCUT2D eigenvalue weighted by molar-refractivity contribution is 0.0829. The molecule has 0 atom stereocenters. The normalized spacial score (nSPS) is 11.2. The van der Waals surface area contributed by atoms with E-state index in [1.165, 1.54) is 0 Å². The van der Waals surface area contributed by atoms with Gasteiger partial charge in [0.15, 0.2) is 5.96 Å². The molecule has 0 bridgehead atoms. The molecule has 18 heavy (non-hydrogen) atoms. The topological polar surface area (TPSA) is 58.8 Å². The monoisotopic (exact) mass is 367 g/mol. The van der Waals surface area contributed by atoms with Gasteiger partial charge in [-0.25, -0.2) is 0 Å². The van der Waals surface area contributed by atoms with Gasteiger partial charge in [-0.15, -0.1) is 24.0 Å². The summed E-state index contributed by atoms with van der Waals surface area (Å²) in [5.41, 5.74) is 0. The molecule has 104 valence electrons. The highest BCUT2D eigenvalue weighted by Crippen LogP contribution is 1.97. The molecule has 1 heterocycles. The first kappa shape index (κ1) is 17.2. The second kappa shape index (κ2) is 10.2. The maximum Gasteiger partial charge on any atom is 0.191 e. The summed E-state index contributed by atoms with van der Waals surface area (Å²) < 4.78 is 10.6. The van der Waals surface area contributed by atoms with Crippen LogP contribution in [0.3, 0.4) is 0 Å². The van der Waals surface area contributed by atoms with Crippen LogP contribution in [0.2, 0.25) is 0 Å². The molecule has 0 aliphatic rings. The fourth-order valence-electron chi connectivity index (χ4n) is 1.27. The molecule has 2 N–H and O–H groups in total. The smallest absolute Gasteiger partial charge is 0.191 e. The van der Waals surface area contributed by atoms with E-state index in [0.29, 0.717) is 13.2 Å². The molecule has 6 heteroatoms. The molecule has 0 aliphatic heterocycles. The third-order valence-corrected chi connectivity index (χ3v) is 2.08. The van der Waals surface area contributed by atoms with Crippen molar-refractivity contribution < 1.29 is 9.15 Å². The van der Waals surface area contributed by atoms with E-state index >= 15 is 0 Å². The molecule has 0 saturated heterocycles. The van der Waals surface area contributed by atoms with Crippen molar-refractivity contribution in [2.24, 2.45) is 4.99 Å². The number of halogens is 1. The minimum Gasteiger partial charge on any atom is -0.467 e. The van der Waals surface area contributed by atoms with Crippen LogP contribution in [0.5, 0.6) is 0 Å². The van der Waals surface area contributed by atoms with Crippen LogP contribution in [0, 0.1) is 0 Å². The standard InChI is InChI=1S/C12H21N3O2.HI/c1-10(2)16-8-6-14-12(13-3)15-9-11-5-4-7-17-11;/h4-5,7,10H,6,8-9H2,1-3H3,(H2,13,14,15);1H. The van der Waals surface area contributed by atoms with E-state index in [1.807, 2.05) is 26.0 Å². The summed E-state index contributed by atoms with van der Waals surface area (Å²) >= 11 is 0. The number of furan rings is 1. The lowest BCUT2D eigenvalue weighted by Crippen LogP contribution is -2.38. The quantitative estimate of drug-likeness (QED) is 0.350. The Morgan fingerprint density at radius 2 is 2.22 bits per heavy atom. The number of hydrogen-bond acceptors (Lipinski definition) is 3. The highest BCUT2D eigenvalue weighted by molar-refractivity contribution is 14.0. The van der Waals surface area contributed by atoms with Gasteiger partial charge in [0.1, 0.15) is 5.76 Å². The summed E-state index contributed by atoms with van der Waals surface area (Å²) in [6.45, 7) is 6.06. The van der Waals surface area contributed by atoms with Gasteiger partial charge in [-0.2, -0.15) is 0 Å². The average Bonchev–Trinajstić information content (AvgIpc) is 2.81. The van der Waals surface area contributed by atoms with E-state index in [2.05, 4.69) is 15.6 Å². The van der Waals surface area contributed by atoms with E-state index < -0.39 is 0 Å². The van der Waals surface area contributed by atoms with Crippen molar-refractivity contribution in [3.63, 3.8) is 0 Å². The zero-order valence-electron chi connectivity index (χ0n) is 11.1. The molecule has 1 rings (SSSR count). The molecule has 0 saturated carbocycles. The Labute approximate surface area is 125 Å². The van der Waals surface area contributed by atoms with Crippen molar-refractivity contribution in [3.05, 3.63) is 24.2 Å². The molecular formula is C12H22IN3O2. The van der Waals surface area contributed by atoms with Gasteiger partial charge in [-0.3, -0.25) is 4.99 Å². The van der Waals surface area contributed by atoms with Crippen LogP contribution in [-0.2, 0) is 11.3 Å². The van der Waals surface area contributed by atoms with Crippen molar-refractivity contribution in [1.82, 2.24) is 10.6 Å². The minimum atomic E-state index is 0. The summed E-state index contributed by atoms with van der Waals surface area (Å²) in [4.78, 5) is 4.10. The number of hydrogen-bond donors (Lipinski definition) is 2. The van der Waals surface area contributed by atoms with Crippen LogP contribution in [-0.4, -0.2) is 32.3 Å². The van der Waals surface area contributed by atoms with Gasteiger partial charge in [0, 0.05) is 13.6 Å². The molecule has 0 aromatic carbocycles. The van der Waals surface area contributed by atoms with E-state index in [1.54, 1.807) is 13.3 Å². The van der Waals surface area contributed by atoms with Crippen molar-refractivity contribution in [2.75, 3.05) is 20.2 Å². The molecule has 0 fully saturated rings. The Hall–Kier alpha value is -0.760. The Kier molecular flexibility index (Phi) is 9.76. The van der Waals surface area contributed by atoms with Gasteiger partial charge >= 0.3 is 0 Å². The van der Waals surface area contributed by atoms with Gasteiger partial charge in [0.05, 0.1) is 25.5 Å². The third-order valence-electron chi connectivity index (χ3n) is 2.08. The largest absolute Gasteiger partial charge is 0.467 e. The second-order valence-corrected chi connectivity index (χ2v) is 3.85. The molecule has 5 nitrogen and oxygen atoms in total. The number of aliphatic imine (C=N–C) groups is 1. The molecule has 1 aromatic heterocycles. The minimum absolute atomic E-state index is 0. The predicted octanol–water partition coefficient (Wildman–Crippen LogP) is 1.99. The number of nitrogens with one attached hydrogen (secondary N) is 2.